The molecule has 30 heteroatoms. The molecule has 6 aromatic heterocycles. The minimum absolute atomic E-state index is 0.0266. The molecule has 0 bridgehead atoms. The third-order valence-electron chi connectivity index (χ3n) is 17.5. The summed E-state index contributed by atoms with van der Waals surface area (Å²) in [5.74, 6) is 0.608. The Hall–Kier alpha value is -10.9. The number of hydrogen-bond acceptors (Lipinski definition) is 19. The number of imidazole rings is 3. The third-order valence-corrected chi connectivity index (χ3v) is 17.5. The molecule has 1 saturated carbocycles. The molecule has 8 heterocycles. The lowest BCUT2D eigenvalue weighted by molar-refractivity contribution is -0.157. The molecule has 3 aromatic carbocycles. The van der Waals surface area contributed by atoms with Gasteiger partial charge in [0.15, 0.2) is 0 Å². The van der Waals surface area contributed by atoms with Gasteiger partial charge in [-0.3, -0.25) is 14.4 Å². The molecule has 0 spiro atoms. The Morgan fingerprint density at radius 1 is 0.579 bits per heavy atom. The molecule has 9 aromatic rings. The minimum atomic E-state index is -4.55. The number of aliphatic hydroxyl groups is 5. The van der Waals surface area contributed by atoms with E-state index in [0.717, 1.165) is 29.8 Å². The Morgan fingerprint density at radius 3 is 1.38 bits per heavy atom. The molecule has 107 heavy (non-hydrogen) atoms. The van der Waals surface area contributed by atoms with Crippen molar-refractivity contribution < 1.29 is 85.2 Å². The molecule has 1 aliphatic carbocycles. The molecule has 0 amide bonds. The number of hydrogen-bond donors (Lipinski definition) is 9. The van der Waals surface area contributed by atoms with Gasteiger partial charge in [-0.05, 0) is 116 Å². The van der Waals surface area contributed by atoms with Crippen molar-refractivity contribution in [2.24, 2.45) is 0 Å². The molecule has 6 atom stereocenters. The largest absolute Gasteiger partial charge is 0.481 e. The maximum absolute atomic E-state index is 13.7. The van der Waals surface area contributed by atoms with Gasteiger partial charge in [-0.15, -0.1) is 0 Å². The molecule has 0 radical (unpaired) electrons. The fourth-order valence-electron chi connectivity index (χ4n) is 12.2. The van der Waals surface area contributed by atoms with Crippen LogP contribution in [0.2, 0.25) is 0 Å². The summed E-state index contributed by atoms with van der Waals surface area (Å²) < 4.78 is 111. The number of nitrogens with zero attached hydrogens (tertiary/aromatic N) is 9. The highest BCUT2D eigenvalue weighted by molar-refractivity contribution is 5.85. The molecule has 3 aliphatic rings. The molecule has 3 fully saturated rings. The predicted molar refractivity (Wildman–Crippen MR) is 388 cm³/mol. The fourth-order valence-corrected chi connectivity index (χ4v) is 12.2. The molecular formula is C77H81F7N12O11. The predicted octanol–water partition coefficient (Wildman–Crippen LogP) is 13.5. The van der Waals surface area contributed by atoms with Crippen LogP contribution in [0, 0.1) is 5.82 Å². The van der Waals surface area contributed by atoms with Crippen molar-refractivity contribution >= 4 is 54.0 Å². The van der Waals surface area contributed by atoms with Gasteiger partial charge in [0.25, 0.3) is 0 Å². The first-order chi connectivity index (χ1) is 50.8. The third kappa shape index (κ3) is 19.6. The molecule has 564 valence electrons. The highest BCUT2D eigenvalue weighted by atomic mass is 19.4. The van der Waals surface area contributed by atoms with Crippen molar-refractivity contribution in [2.45, 2.75) is 145 Å². The highest BCUT2D eigenvalue weighted by Gasteiger charge is 2.47. The van der Waals surface area contributed by atoms with Crippen molar-refractivity contribution in [3.8, 4) is 67.5 Å². The Morgan fingerprint density at radius 2 is 0.991 bits per heavy atom. The molecule has 9 N–H and O–H groups in total. The highest BCUT2D eigenvalue weighted by Crippen LogP contribution is 2.49. The first kappa shape index (κ1) is 78.7. The van der Waals surface area contributed by atoms with Crippen molar-refractivity contribution in [3.63, 3.8) is 0 Å². The number of aliphatic carboxylic acids is 1. The standard InChI is InChI=1S/C26H29F3N4O4.C26H27F3N4O3.C25H25FN4O4/c1-15(2)25-32-23(16-7-9-31-21(12-16)30-3)24(17-5-4-6-18(11-17)26(27,28)29)33(25)10-8-19(34)13-20(35)14-22(36)37;1-15(2)25-32-23(16-7-9-31-21(12-16)30-3)24(17-5-4-6-18(11-17)26(27,28)29)33(25)10-8-20-13-19(34)14-22(35)36-20;1-27-20-12-16(6-10-28-20)22-23(15-2-4-17(26)5-3-15)30(24(29-22)25(33)8-9-25)11-7-19-13-18(31)14-21(32)34-19/h4-12,15,19-20,34-35H,13-14H2,1-3H3,(H,30,31)(H,36,37);4-12,15,19-20,34H,13-14H2,1-3H3,(H,30,31);2-7,10-12,18-19,31,33H,8-9,13-14H2,1H3,(H,27,28). The summed E-state index contributed by atoms with van der Waals surface area (Å²) in [7, 11) is 5.19. The number of carboxylic acids is 1. The van der Waals surface area contributed by atoms with Crippen molar-refractivity contribution in [3.05, 3.63) is 180 Å². The number of cyclic esters (lactones) is 2. The van der Waals surface area contributed by atoms with Gasteiger partial charge in [-0.2, -0.15) is 26.3 Å². The van der Waals surface area contributed by atoms with Crippen molar-refractivity contribution in [2.75, 3.05) is 37.1 Å². The molecule has 23 nitrogen and oxygen atoms in total. The number of carbonyl (C=O) groups excluding carboxylic acids is 2. The smallest absolute Gasteiger partial charge is 0.416 e. The van der Waals surface area contributed by atoms with Crippen molar-refractivity contribution in [1.82, 2.24) is 43.6 Å². The zero-order valence-corrected chi connectivity index (χ0v) is 59.3. The summed E-state index contributed by atoms with van der Waals surface area (Å²) in [6, 6.07) is 26.7. The van der Waals surface area contributed by atoms with Crippen LogP contribution in [0.1, 0.15) is 119 Å². The van der Waals surface area contributed by atoms with E-state index >= 15 is 0 Å². The van der Waals surface area contributed by atoms with E-state index in [2.05, 4.69) is 30.9 Å². The van der Waals surface area contributed by atoms with Crippen LogP contribution in [0.15, 0.2) is 146 Å². The summed E-state index contributed by atoms with van der Waals surface area (Å²) in [6.45, 7) is 7.63. The van der Waals surface area contributed by atoms with Gasteiger partial charge in [0.05, 0.1) is 89.0 Å². The number of halogens is 7. The van der Waals surface area contributed by atoms with Crippen LogP contribution >= 0.6 is 0 Å². The lowest BCUT2D eigenvalue weighted by Crippen LogP contribution is -2.31. The average Bonchev–Trinajstić information content (AvgIpc) is 1.71. The SMILES string of the molecule is CNc1cc(-c2nc(C(C)C)n(C=CC(O)CC(O)CC(=O)O)c2-c2cccc(C(F)(F)F)c2)ccn1.CNc1cc(-c2nc(C(C)C)n(C=CC3CC(O)CC(=O)O3)c2-c2cccc(C(F)(F)F)c2)ccn1.CNc1cc(-c2nc(C3(O)CC3)n(C=CC3CC(O)CC(=O)O3)c2-c2ccc(F)cc2)ccn1. The van der Waals surface area contributed by atoms with Crippen molar-refractivity contribution in [1.29, 1.82) is 0 Å². The first-order valence-corrected chi connectivity index (χ1v) is 34.3. The number of alkyl halides is 6. The van der Waals surface area contributed by atoms with E-state index in [0.29, 0.717) is 104 Å². The van der Waals surface area contributed by atoms with Crippen LogP contribution in [-0.4, -0.2) is 150 Å². The maximum Gasteiger partial charge on any atom is 0.416 e. The van der Waals surface area contributed by atoms with E-state index in [1.54, 1.807) is 127 Å². The van der Waals surface area contributed by atoms with Gasteiger partial charge >= 0.3 is 30.3 Å². The van der Waals surface area contributed by atoms with E-state index in [1.165, 1.54) is 36.5 Å². The second kappa shape index (κ2) is 33.7. The Balaban J connectivity index is 0.000000172. The minimum Gasteiger partial charge on any atom is -0.481 e. The summed E-state index contributed by atoms with van der Waals surface area (Å²) >= 11 is 0. The number of carboxylic acid groups (broad SMARTS) is 1. The second-order valence-corrected chi connectivity index (χ2v) is 26.4. The number of nitrogens with one attached hydrogen (secondary N) is 3. The maximum atomic E-state index is 13.7. The van der Waals surface area contributed by atoms with Gasteiger partial charge in [0.2, 0.25) is 0 Å². The van der Waals surface area contributed by atoms with E-state index in [9.17, 15) is 70.6 Å². The lowest BCUT2D eigenvalue weighted by atomic mass is 10.0. The van der Waals surface area contributed by atoms with Gasteiger partial charge in [-0.25, -0.2) is 34.3 Å². The van der Waals surface area contributed by atoms with Gasteiger partial charge < -0.3 is 69.8 Å². The summed E-state index contributed by atoms with van der Waals surface area (Å²) in [6.07, 6.45) is 0.735. The number of pyridine rings is 3. The number of carbonyl (C=O) groups is 3. The number of rotatable bonds is 22. The molecule has 12 rings (SSSR count). The first-order valence-electron chi connectivity index (χ1n) is 34.3. The summed E-state index contributed by atoms with van der Waals surface area (Å²) in [5, 5.41) is 69.0. The van der Waals surface area contributed by atoms with Crippen LogP contribution in [0.5, 0.6) is 0 Å². The molecular weight excluding hydrogens is 1400 g/mol. The van der Waals surface area contributed by atoms with Gasteiger partial charge in [0.1, 0.15) is 58.6 Å². The number of benzene rings is 3. The average molecular weight is 1480 g/mol. The zero-order chi connectivity index (χ0) is 77.2. The van der Waals surface area contributed by atoms with Gasteiger partial charge in [-0.1, -0.05) is 52.0 Å². The Kier molecular flexibility index (Phi) is 24.8. The monoisotopic (exact) mass is 1480 g/mol. The lowest BCUT2D eigenvalue weighted by Gasteiger charge is -2.23. The van der Waals surface area contributed by atoms with E-state index < -0.39 is 90.0 Å². The molecule has 2 saturated heterocycles. The topological polar surface area (TPSA) is 319 Å². The molecule has 6 unspecified atom stereocenters. The van der Waals surface area contributed by atoms with E-state index in [4.69, 9.17) is 29.5 Å². The van der Waals surface area contributed by atoms with Crippen LogP contribution < -0.4 is 16.0 Å². The summed E-state index contributed by atoms with van der Waals surface area (Å²) in [4.78, 5) is 61.5. The number of aliphatic hydroxyl groups excluding tert-OH is 4. The Labute approximate surface area is 610 Å². The summed E-state index contributed by atoms with van der Waals surface area (Å²) in [5.41, 5.74) is 3.68. The quantitative estimate of drug-likeness (QED) is 0.0225. The normalized spacial score (nSPS) is 17.8. The van der Waals surface area contributed by atoms with Gasteiger partial charge in [0, 0.05) is 123 Å². The second-order valence-electron chi connectivity index (χ2n) is 26.4. The number of esters is 2. The number of ether oxygens (including phenoxy) is 2. The number of anilines is 3. The van der Waals surface area contributed by atoms with E-state index in [-0.39, 0.29) is 55.3 Å². The number of aromatic nitrogens is 9. The fraction of sp³-hybridized carbons (Fsp3) is 0.338. The zero-order valence-electron chi connectivity index (χ0n) is 59.3. The van der Waals surface area contributed by atoms with Crippen LogP contribution in [0.3, 0.4) is 0 Å². The van der Waals surface area contributed by atoms with Crippen LogP contribution in [0.4, 0.5) is 48.2 Å². The van der Waals surface area contributed by atoms with E-state index in [1.807, 2.05) is 39.8 Å². The Bertz CT molecular complexity index is 4740. The molecule has 2 aliphatic heterocycles. The van der Waals surface area contributed by atoms with Crippen LogP contribution in [0.25, 0.3) is 86.1 Å². The van der Waals surface area contributed by atoms with Crippen LogP contribution in [-0.2, 0) is 41.8 Å².